The van der Waals surface area contributed by atoms with Crippen LogP contribution in [0, 0.1) is 6.92 Å². The second kappa shape index (κ2) is 6.27. The van der Waals surface area contributed by atoms with Crippen LogP contribution in [0.25, 0.3) is 5.78 Å². The van der Waals surface area contributed by atoms with Crippen LogP contribution in [-0.4, -0.2) is 25.3 Å². The van der Waals surface area contributed by atoms with E-state index in [4.69, 9.17) is 5.73 Å². The van der Waals surface area contributed by atoms with E-state index >= 15 is 0 Å². The third-order valence-electron chi connectivity index (χ3n) is 3.27. The number of para-hydroxylation sites is 1. The Bertz CT molecular complexity index is 878. The smallest absolute Gasteiger partial charge is 0.252 e. The first-order chi connectivity index (χ1) is 11.2. The van der Waals surface area contributed by atoms with Crippen LogP contribution in [0.5, 0.6) is 0 Å². The normalized spacial score (nSPS) is 12.6. The third-order valence-corrected chi connectivity index (χ3v) is 3.27. The molecule has 0 radical (unpaired) electrons. The number of hydrazone groups is 1. The molecular formula is C16H17N7. The second-order valence-electron chi connectivity index (χ2n) is 5.03. The molecule has 0 amide bonds. The monoisotopic (exact) mass is 307 g/mol. The van der Waals surface area contributed by atoms with Crippen LogP contribution >= 0.6 is 0 Å². The fourth-order valence-corrected chi connectivity index (χ4v) is 2.10. The maximum atomic E-state index is 5.67. The molecule has 0 aliphatic carbocycles. The molecule has 0 atom stereocenters. The van der Waals surface area contributed by atoms with E-state index in [1.54, 1.807) is 10.7 Å². The van der Waals surface area contributed by atoms with Crippen LogP contribution in [-0.2, 0) is 0 Å². The van der Waals surface area contributed by atoms with Crippen molar-refractivity contribution < 1.29 is 0 Å². The number of aromatic nitrogens is 4. The molecule has 0 aliphatic rings. The Morgan fingerprint density at radius 2 is 2.09 bits per heavy atom. The second-order valence-corrected chi connectivity index (χ2v) is 5.03. The van der Waals surface area contributed by atoms with Gasteiger partial charge in [-0.1, -0.05) is 18.2 Å². The van der Waals surface area contributed by atoms with Crippen molar-refractivity contribution in [3.05, 3.63) is 65.9 Å². The Morgan fingerprint density at radius 3 is 2.83 bits per heavy atom. The molecule has 0 saturated carbocycles. The number of hydrogen-bond donors (Lipinski definition) is 2. The number of fused-ring (bicyclic) bond motifs is 1. The lowest BCUT2D eigenvalue weighted by Gasteiger charge is -2.08. The van der Waals surface area contributed by atoms with Gasteiger partial charge in [0.2, 0.25) is 0 Å². The maximum Gasteiger partial charge on any atom is 0.252 e. The highest BCUT2D eigenvalue weighted by Crippen LogP contribution is 2.11. The summed E-state index contributed by atoms with van der Waals surface area (Å²) in [5, 5.41) is 8.74. The highest BCUT2D eigenvalue weighted by molar-refractivity contribution is 6.12. The average molecular weight is 307 g/mol. The van der Waals surface area contributed by atoms with Crippen molar-refractivity contribution in [2.24, 2.45) is 10.8 Å². The van der Waals surface area contributed by atoms with Crippen molar-refractivity contribution >= 4 is 17.2 Å². The van der Waals surface area contributed by atoms with Gasteiger partial charge in [0, 0.05) is 18.0 Å². The molecule has 0 fully saturated rings. The van der Waals surface area contributed by atoms with Gasteiger partial charge in [-0.25, -0.2) is 9.50 Å². The van der Waals surface area contributed by atoms with Crippen molar-refractivity contribution in [2.45, 2.75) is 13.8 Å². The lowest BCUT2D eigenvalue weighted by Crippen LogP contribution is -2.10. The van der Waals surface area contributed by atoms with Crippen LogP contribution in [0.15, 0.2) is 59.6 Å². The van der Waals surface area contributed by atoms with Crippen molar-refractivity contribution in [1.29, 1.82) is 0 Å². The van der Waals surface area contributed by atoms with Crippen LogP contribution in [0.2, 0.25) is 0 Å². The number of aryl methyl sites for hydroxylation is 1. The number of hydrogen-bond acceptors (Lipinski definition) is 6. The lowest BCUT2D eigenvalue weighted by atomic mass is 10.1. The van der Waals surface area contributed by atoms with E-state index in [0.29, 0.717) is 17.3 Å². The van der Waals surface area contributed by atoms with Gasteiger partial charge in [0.25, 0.3) is 5.78 Å². The van der Waals surface area contributed by atoms with Gasteiger partial charge in [-0.2, -0.15) is 15.2 Å². The van der Waals surface area contributed by atoms with Gasteiger partial charge in [-0.15, -0.1) is 0 Å². The summed E-state index contributed by atoms with van der Waals surface area (Å²) in [6.45, 7) is 3.72. The summed E-state index contributed by atoms with van der Waals surface area (Å²) < 4.78 is 1.63. The molecule has 2 aromatic heterocycles. The van der Waals surface area contributed by atoms with Crippen molar-refractivity contribution in [2.75, 3.05) is 5.43 Å². The summed E-state index contributed by atoms with van der Waals surface area (Å²) in [7, 11) is 0. The Labute approximate surface area is 133 Å². The topological polar surface area (TPSA) is 93.5 Å². The minimum absolute atomic E-state index is 0.552. The molecule has 0 saturated heterocycles. The van der Waals surface area contributed by atoms with Crippen LogP contribution in [0.1, 0.15) is 18.3 Å². The summed E-state index contributed by atoms with van der Waals surface area (Å²) in [6, 6.07) is 9.70. The minimum Gasteiger partial charge on any atom is -0.404 e. The largest absolute Gasteiger partial charge is 0.404 e. The maximum absolute atomic E-state index is 5.67. The molecule has 0 spiro atoms. The van der Waals surface area contributed by atoms with Gasteiger partial charge in [-0.3, -0.25) is 5.43 Å². The first-order valence-electron chi connectivity index (χ1n) is 7.14. The van der Waals surface area contributed by atoms with E-state index in [1.807, 2.05) is 50.4 Å². The van der Waals surface area contributed by atoms with Gasteiger partial charge in [0.05, 0.1) is 11.4 Å². The van der Waals surface area contributed by atoms with E-state index < -0.39 is 0 Å². The Balaban J connectivity index is 2.00. The predicted molar refractivity (Wildman–Crippen MR) is 90.1 cm³/mol. The van der Waals surface area contributed by atoms with Crippen LogP contribution < -0.4 is 11.2 Å². The summed E-state index contributed by atoms with van der Waals surface area (Å²) in [6.07, 6.45) is 5.06. The van der Waals surface area contributed by atoms with Crippen LogP contribution in [0.3, 0.4) is 0 Å². The quantitative estimate of drug-likeness (QED) is 0.569. The summed E-state index contributed by atoms with van der Waals surface area (Å²) >= 11 is 0. The van der Waals surface area contributed by atoms with Crippen molar-refractivity contribution in [3.63, 3.8) is 0 Å². The standard InChI is InChI=1S/C16H17N7/c1-11(8-17)15(21-20-14-6-4-3-5-7-14)13-9-18-16-19-12(2)22-23(16)10-13/h3-10,20H,17H2,1-2H3/b11-8+,21-15+. The molecular weight excluding hydrogens is 290 g/mol. The molecule has 3 rings (SSSR count). The molecule has 7 heteroatoms. The number of nitrogens with two attached hydrogens (primary N) is 1. The SMILES string of the molecule is CC(=C\N)/C(=N\Nc1ccccc1)c1cnc2nc(C)nn2c1. The summed E-state index contributed by atoms with van der Waals surface area (Å²) in [4.78, 5) is 8.53. The van der Waals surface area contributed by atoms with E-state index in [-0.39, 0.29) is 0 Å². The zero-order valence-electron chi connectivity index (χ0n) is 12.9. The lowest BCUT2D eigenvalue weighted by molar-refractivity contribution is 0.913. The van der Waals surface area contributed by atoms with E-state index in [9.17, 15) is 0 Å². The van der Waals surface area contributed by atoms with Crippen molar-refractivity contribution in [1.82, 2.24) is 19.6 Å². The molecule has 0 bridgehead atoms. The van der Waals surface area contributed by atoms with Gasteiger partial charge in [-0.05, 0) is 37.8 Å². The number of nitrogens with zero attached hydrogens (tertiary/aromatic N) is 5. The molecule has 3 N–H and O–H groups in total. The molecule has 1 aromatic carbocycles. The number of anilines is 1. The number of rotatable bonds is 4. The highest BCUT2D eigenvalue weighted by atomic mass is 15.3. The van der Waals surface area contributed by atoms with E-state index in [2.05, 4.69) is 25.6 Å². The molecule has 2 heterocycles. The molecule has 23 heavy (non-hydrogen) atoms. The first-order valence-corrected chi connectivity index (χ1v) is 7.14. The van der Waals surface area contributed by atoms with Gasteiger partial charge in [0.15, 0.2) is 0 Å². The third kappa shape index (κ3) is 3.18. The number of allylic oxidation sites excluding steroid dienone is 1. The summed E-state index contributed by atoms with van der Waals surface area (Å²) in [5.41, 5.74) is 11.9. The number of nitrogens with one attached hydrogen (secondary N) is 1. The molecule has 0 aliphatic heterocycles. The van der Waals surface area contributed by atoms with E-state index in [1.165, 1.54) is 6.20 Å². The molecule has 0 unspecified atom stereocenters. The fraction of sp³-hybridized carbons (Fsp3) is 0.125. The molecule has 116 valence electrons. The van der Waals surface area contributed by atoms with E-state index in [0.717, 1.165) is 16.8 Å². The predicted octanol–water partition coefficient (Wildman–Crippen LogP) is 2.11. The zero-order valence-corrected chi connectivity index (χ0v) is 12.9. The first kappa shape index (κ1) is 14.7. The zero-order chi connectivity index (χ0) is 16.2. The Morgan fingerprint density at radius 1 is 1.30 bits per heavy atom. The van der Waals surface area contributed by atoms with Gasteiger partial charge < -0.3 is 5.73 Å². The minimum atomic E-state index is 0.552. The van der Waals surface area contributed by atoms with Gasteiger partial charge >= 0.3 is 0 Å². The Hall–Kier alpha value is -3.22. The summed E-state index contributed by atoms with van der Waals surface area (Å²) in [5.74, 6) is 1.22. The highest BCUT2D eigenvalue weighted by Gasteiger charge is 2.10. The molecule has 3 aromatic rings. The average Bonchev–Trinajstić information content (AvgIpc) is 2.95. The van der Waals surface area contributed by atoms with Crippen molar-refractivity contribution in [3.8, 4) is 0 Å². The molecule has 7 nitrogen and oxygen atoms in total. The Kier molecular flexibility index (Phi) is 4.01. The van der Waals surface area contributed by atoms with Crippen LogP contribution in [0.4, 0.5) is 5.69 Å². The fourth-order valence-electron chi connectivity index (χ4n) is 2.10. The number of benzene rings is 1. The van der Waals surface area contributed by atoms with Gasteiger partial charge in [0.1, 0.15) is 5.82 Å².